The zero-order valence-corrected chi connectivity index (χ0v) is 17.8. The Bertz CT molecular complexity index is 879. The van der Waals surface area contributed by atoms with E-state index in [1.807, 2.05) is 30.3 Å². The average Bonchev–Trinajstić information content (AvgIpc) is 3.25. The average molecular weight is 410 g/mol. The minimum absolute atomic E-state index is 0.0535. The second-order valence-corrected chi connectivity index (χ2v) is 8.93. The summed E-state index contributed by atoms with van der Waals surface area (Å²) in [6, 6.07) is 13.6. The summed E-state index contributed by atoms with van der Waals surface area (Å²) in [5.41, 5.74) is 3.26. The van der Waals surface area contributed by atoms with Crippen LogP contribution < -0.4 is 10.1 Å². The summed E-state index contributed by atoms with van der Waals surface area (Å²) in [6.07, 6.45) is 4.94. The number of aryl methyl sites for hydroxylation is 1. The number of benzene rings is 2. The number of fused-ring (bicyclic) bond motifs is 1. The van der Waals surface area contributed by atoms with E-state index in [2.05, 4.69) is 17.4 Å². The summed E-state index contributed by atoms with van der Waals surface area (Å²) in [7, 11) is 0. The van der Waals surface area contributed by atoms with Crippen LogP contribution in [0.2, 0.25) is 0 Å². The fourth-order valence-corrected chi connectivity index (χ4v) is 4.20. The van der Waals surface area contributed by atoms with Crippen molar-refractivity contribution in [3.05, 3.63) is 64.7 Å². The largest absolute Gasteiger partial charge is 0.491 e. The van der Waals surface area contributed by atoms with Gasteiger partial charge in [-0.1, -0.05) is 18.2 Å². The highest BCUT2D eigenvalue weighted by Crippen LogP contribution is 2.27. The molecule has 5 heteroatoms. The van der Waals surface area contributed by atoms with Crippen molar-refractivity contribution in [3.63, 3.8) is 0 Å². The van der Waals surface area contributed by atoms with Crippen LogP contribution in [0.1, 0.15) is 60.2 Å². The molecule has 0 bridgehead atoms. The van der Waals surface area contributed by atoms with E-state index in [1.54, 1.807) is 13.8 Å². The minimum Gasteiger partial charge on any atom is -0.491 e. The van der Waals surface area contributed by atoms with Crippen LogP contribution in [-0.2, 0) is 23.2 Å². The van der Waals surface area contributed by atoms with Gasteiger partial charge < -0.3 is 19.9 Å². The van der Waals surface area contributed by atoms with Crippen molar-refractivity contribution in [2.45, 2.75) is 63.7 Å². The van der Waals surface area contributed by atoms with E-state index in [0.717, 1.165) is 50.0 Å². The van der Waals surface area contributed by atoms with Crippen LogP contribution in [0, 0.1) is 0 Å². The van der Waals surface area contributed by atoms with Crippen LogP contribution in [0.25, 0.3) is 0 Å². The first kappa shape index (κ1) is 20.9. The first-order chi connectivity index (χ1) is 14.4. The van der Waals surface area contributed by atoms with Crippen molar-refractivity contribution < 1.29 is 19.4 Å². The molecule has 4 rings (SSSR count). The van der Waals surface area contributed by atoms with Gasteiger partial charge in [-0.3, -0.25) is 4.79 Å². The summed E-state index contributed by atoms with van der Waals surface area (Å²) in [5, 5.41) is 13.4. The molecule has 1 heterocycles. The number of rotatable bonds is 6. The molecule has 0 unspecified atom stereocenters. The maximum Gasteiger partial charge on any atom is 0.251 e. The third-order valence-electron chi connectivity index (χ3n) is 6.05. The molecule has 1 fully saturated rings. The molecule has 2 atom stereocenters. The molecule has 0 spiro atoms. The number of hydrogen-bond acceptors (Lipinski definition) is 4. The normalized spacial score (nSPS) is 21.2. The molecule has 2 aromatic carbocycles. The van der Waals surface area contributed by atoms with Gasteiger partial charge in [-0.15, -0.1) is 0 Å². The van der Waals surface area contributed by atoms with Gasteiger partial charge >= 0.3 is 0 Å². The van der Waals surface area contributed by atoms with Gasteiger partial charge in [0.25, 0.3) is 5.91 Å². The van der Waals surface area contributed by atoms with E-state index in [-0.39, 0.29) is 18.1 Å². The number of aliphatic hydroxyl groups is 1. The number of nitrogens with one attached hydrogen (secondary N) is 1. The van der Waals surface area contributed by atoms with Crippen LogP contribution in [0.4, 0.5) is 0 Å². The van der Waals surface area contributed by atoms with Crippen LogP contribution in [0.15, 0.2) is 42.5 Å². The highest BCUT2D eigenvalue weighted by atomic mass is 16.5. The molecule has 0 aromatic heterocycles. The van der Waals surface area contributed by atoms with Crippen LogP contribution in [0.5, 0.6) is 5.75 Å². The zero-order chi connectivity index (χ0) is 21.1. The summed E-state index contributed by atoms with van der Waals surface area (Å²) >= 11 is 0. The molecule has 30 heavy (non-hydrogen) atoms. The summed E-state index contributed by atoms with van der Waals surface area (Å²) < 4.78 is 11.3. The van der Waals surface area contributed by atoms with E-state index in [0.29, 0.717) is 12.2 Å². The van der Waals surface area contributed by atoms with Gasteiger partial charge in [-0.05, 0) is 86.9 Å². The quantitative estimate of drug-likeness (QED) is 0.762. The Hall–Kier alpha value is -2.37. The molecule has 5 nitrogen and oxygen atoms in total. The van der Waals surface area contributed by atoms with Gasteiger partial charge in [-0.25, -0.2) is 0 Å². The van der Waals surface area contributed by atoms with E-state index in [9.17, 15) is 9.90 Å². The predicted molar refractivity (Wildman–Crippen MR) is 116 cm³/mol. The molecular weight excluding hydrogens is 378 g/mol. The van der Waals surface area contributed by atoms with Crippen molar-refractivity contribution in [1.29, 1.82) is 0 Å². The van der Waals surface area contributed by atoms with Gasteiger partial charge in [0, 0.05) is 18.2 Å². The van der Waals surface area contributed by atoms with Crippen LogP contribution in [-0.4, -0.2) is 36.4 Å². The third kappa shape index (κ3) is 5.02. The second-order valence-electron chi connectivity index (χ2n) is 8.93. The standard InChI is InChI=1S/C25H31NO4/c1-25(2,28)20-9-5-19-15-21(10-6-18(19)14-20)26-24(27)17-7-11-22(12-8-17)30-16-23-4-3-13-29-23/h5,7-9,11-12,14,21,23,28H,3-4,6,10,13,15-16H2,1-2H3,(H,26,27)/t21-,23-/m0/s1. The molecule has 1 amide bonds. The Labute approximate surface area is 178 Å². The SMILES string of the molecule is CC(C)(O)c1ccc2c(c1)CC[C@H](NC(=O)c1ccc(OC[C@@H]3CCCO3)cc1)C2. The second kappa shape index (κ2) is 8.78. The van der Waals surface area contributed by atoms with Crippen molar-refractivity contribution >= 4 is 5.91 Å². The number of amides is 1. The molecule has 160 valence electrons. The number of hydrogen-bond donors (Lipinski definition) is 2. The van der Waals surface area contributed by atoms with Crippen molar-refractivity contribution in [2.75, 3.05) is 13.2 Å². The first-order valence-electron chi connectivity index (χ1n) is 10.9. The van der Waals surface area contributed by atoms with Crippen molar-refractivity contribution in [1.82, 2.24) is 5.32 Å². The summed E-state index contributed by atoms with van der Waals surface area (Å²) in [5.74, 6) is 0.707. The van der Waals surface area contributed by atoms with Gasteiger partial charge in [-0.2, -0.15) is 0 Å². The molecule has 2 N–H and O–H groups in total. The van der Waals surface area contributed by atoms with Gasteiger partial charge in [0.1, 0.15) is 12.4 Å². The molecule has 0 saturated carbocycles. The van der Waals surface area contributed by atoms with Gasteiger partial charge in [0.15, 0.2) is 0 Å². The van der Waals surface area contributed by atoms with E-state index < -0.39 is 5.60 Å². The lowest BCUT2D eigenvalue weighted by Gasteiger charge is -2.27. The Balaban J connectivity index is 1.32. The smallest absolute Gasteiger partial charge is 0.251 e. The Morgan fingerprint density at radius 3 is 2.67 bits per heavy atom. The third-order valence-corrected chi connectivity index (χ3v) is 6.05. The highest BCUT2D eigenvalue weighted by Gasteiger charge is 2.23. The molecule has 1 aliphatic heterocycles. The lowest BCUT2D eigenvalue weighted by molar-refractivity contribution is 0.0679. The lowest BCUT2D eigenvalue weighted by atomic mass is 9.85. The topological polar surface area (TPSA) is 67.8 Å². The maximum absolute atomic E-state index is 12.7. The fraction of sp³-hybridized carbons (Fsp3) is 0.480. The monoisotopic (exact) mass is 409 g/mol. The van der Waals surface area contributed by atoms with Gasteiger partial charge in [0.05, 0.1) is 11.7 Å². The number of carbonyl (C=O) groups excluding carboxylic acids is 1. The van der Waals surface area contributed by atoms with Crippen LogP contribution in [0.3, 0.4) is 0 Å². The minimum atomic E-state index is -0.833. The number of carbonyl (C=O) groups is 1. The van der Waals surface area contributed by atoms with E-state index in [4.69, 9.17) is 9.47 Å². The molecular formula is C25H31NO4. The zero-order valence-electron chi connectivity index (χ0n) is 17.8. The Kier molecular flexibility index (Phi) is 6.11. The van der Waals surface area contributed by atoms with Crippen molar-refractivity contribution in [3.8, 4) is 5.75 Å². The molecule has 0 radical (unpaired) electrons. The highest BCUT2D eigenvalue weighted by molar-refractivity contribution is 5.94. The maximum atomic E-state index is 12.7. The summed E-state index contributed by atoms with van der Waals surface area (Å²) in [6.45, 7) is 4.99. The lowest BCUT2D eigenvalue weighted by Crippen LogP contribution is -2.39. The first-order valence-corrected chi connectivity index (χ1v) is 10.9. The van der Waals surface area contributed by atoms with Gasteiger partial charge in [0.2, 0.25) is 0 Å². The fourth-order valence-electron chi connectivity index (χ4n) is 4.20. The van der Waals surface area contributed by atoms with E-state index >= 15 is 0 Å². The predicted octanol–water partition coefficient (Wildman–Crippen LogP) is 3.76. The molecule has 1 aliphatic carbocycles. The Morgan fingerprint density at radius 1 is 1.17 bits per heavy atom. The van der Waals surface area contributed by atoms with Crippen LogP contribution >= 0.6 is 0 Å². The molecule has 2 aliphatic rings. The van der Waals surface area contributed by atoms with Crippen molar-refractivity contribution in [2.24, 2.45) is 0 Å². The number of ether oxygens (including phenoxy) is 2. The molecule has 1 saturated heterocycles. The molecule has 2 aromatic rings. The Morgan fingerprint density at radius 2 is 1.97 bits per heavy atom. The van der Waals surface area contributed by atoms with E-state index in [1.165, 1.54) is 11.1 Å². The summed E-state index contributed by atoms with van der Waals surface area (Å²) in [4.78, 5) is 12.7.